The molecular formula is C63H106O5. The molecule has 0 rings (SSSR count). The predicted molar refractivity (Wildman–Crippen MR) is 297 cm³/mol. The van der Waals surface area contributed by atoms with E-state index in [-0.39, 0.29) is 25.2 Å². The van der Waals surface area contributed by atoms with Crippen molar-refractivity contribution in [1.29, 1.82) is 0 Å². The van der Waals surface area contributed by atoms with Crippen LogP contribution in [0.25, 0.3) is 0 Å². The molecule has 0 aromatic rings. The molecule has 0 aliphatic heterocycles. The fourth-order valence-electron chi connectivity index (χ4n) is 7.60. The molecule has 0 aliphatic rings. The maximum Gasteiger partial charge on any atom is 0.306 e. The molecule has 0 aromatic heterocycles. The number of hydrogen-bond donors (Lipinski definition) is 0. The number of ether oxygens (including phenoxy) is 3. The van der Waals surface area contributed by atoms with E-state index in [1.54, 1.807) is 0 Å². The van der Waals surface area contributed by atoms with E-state index in [1.807, 2.05) is 0 Å². The van der Waals surface area contributed by atoms with Crippen molar-refractivity contribution in [2.45, 2.75) is 258 Å². The van der Waals surface area contributed by atoms with Gasteiger partial charge in [-0.05, 0) is 122 Å². The number of allylic oxidation sites excluding steroid dienone is 18. The molecule has 0 aromatic carbocycles. The second-order valence-corrected chi connectivity index (χ2v) is 18.4. The zero-order valence-corrected chi connectivity index (χ0v) is 44.6. The van der Waals surface area contributed by atoms with E-state index >= 15 is 0 Å². The van der Waals surface area contributed by atoms with Gasteiger partial charge in [-0.3, -0.25) is 9.59 Å². The Bertz CT molecular complexity index is 1340. The first-order valence-electron chi connectivity index (χ1n) is 28.4. The Balaban J connectivity index is 4.34. The van der Waals surface area contributed by atoms with Crippen molar-refractivity contribution in [3.05, 3.63) is 109 Å². The Labute approximate surface area is 421 Å². The van der Waals surface area contributed by atoms with E-state index < -0.39 is 6.10 Å². The zero-order valence-electron chi connectivity index (χ0n) is 44.6. The Kier molecular flexibility index (Phi) is 54.9. The number of unbranched alkanes of at least 4 members (excludes halogenated alkanes) is 22. The van der Waals surface area contributed by atoms with E-state index in [9.17, 15) is 9.59 Å². The highest BCUT2D eigenvalue weighted by atomic mass is 16.6. The summed E-state index contributed by atoms with van der Waals surface area (Å²) in [5.74, 6) is -0.447. The molecule has 0 fully saturated rings. The van der Waals surface area contributed by atoms with Gasteiger partial charge in [0.25, 0.3) is 0 Å². The Morgan fingerprint density at radius 2 is 0.662 bits per heavy atom. The van der Waals surface area contributed by atoms with Crippen LogP contribution < -0.4 is 0 Å². The topological polar surface area (TPSA) is 61.8 Å². The van der Waals surface area contributed by atoms with Gasteiger partial charge in [-0.15, -0.1) is 0 Å². The Morgan fingerprint density at radius 1 is 0.338 bits per heavy atom. The SMILES string of the molecule is CC/C=C\C/C=C\C/C=C\C/C=C\CCCCCCC(=O)OCC(COCCCCCCCCCCCC/C=C\C/C=C\CCCCC)OC(=O)CCCCCCC/C=C\C/C=C\C/C=C\CC. The highest BCUT2D eigenvalue weighted by Gasteiger charge is 2.17. The lowest BCUT2D eigenvalue weighted by molar-refractivity contribution is -0.163. The molecule has 0 aliphatic carbocycles. The molecule has 0 bridgehead atoms. The van der Waals surface area contributed by atoms with Crippen molar-refractivity contribution in [1.82, 2.24) is 0 Å². The van der Waals surface area contributed by atoms with Crippen molar-refractivity contribution in [2.75, 3.05) is 19.8 Å². The molecule has 5 heteroatoms. The fraction of sp³-hybridized carbons (Fsp3) is 0.683. The molecule has 0 heterocycles. The molecule has 0 saturated heterocycles. The number of carbonyl (C=O) groups is 2. The summed E-state index contributed by atoms with van der Waals surface area (Å²) in [4.78, 5) is 25.5. The summed E-state index contributed by atoms with van der Waals surface area (Å²) in [6, 6.07) is 0. The van der Waals surface area contributed by atoms with Gasteiger partial charge < -0.3 is 14.2 Å². The summed E-state index contributed by atoms with van der Waals surface area (Å²) in [5.41, 5.74) is 0. The zero-order chi connectivity index (χ0) is 49.2. The summed E-state index contributed by atoms with van der Waals surface area (Å²) < 4.78 is 17.4. The second-order valence-electron chi connectivity index (χ2n) is 18.4. The van der Waals surface area contributed by atoms with Gasteiger partial charge in [-0.25, -0.2) is 0 Å². The number of carbonyl (C=O) groups excluding carboxylic acids is 2. The summed E-state index contributed by atoms with van der Waals surface area (Å²) in [7, 11) is 0. The third-order valence-corrected chi connectivity index (χ3v) is 11.8. The largest absolute Gasteiger partial charge is 0.462 e. The molecule has 1 atom stereocenters. The van der Waals surface area contributed by atoms with Crippen molar-refractivity contribution < 1.29 is 23.8 Å². The molecule has 0 radical (unpaired) electrons. The van der Waals surface area contributed by atoms with Crippen LogP contribution in [0.15, 0.2) is 109 Å². The van der Waals surface area contributed by atoms with E-state index in [2.05, 4.69) is 130 Å². The molecule has 5 nitrogen and oxygen atoms in total. The minimum absolute atomic E-state index is 0.0587. The molecule has 388 valence electrons. The van der Waals surface area contributed by atoms with Gasteiger partial charge in [0, 0.05) is 19.4 Å². The third-order valence-electron chi connectivity index (χ3n) is 11.8. The van der Waals surface area contributed by atoms with Crippen LogP contribution in [-0.4, -0.2) is 37.9 Å². The number of rotatable bonds is 51. The molecule has 0 amide bonds. The van der Waals surface area contributed by atoms with Crippen LogP contribution in [0.3, 0.4) is 0 Å². The van der Waals surface area contributed by atoms with E-state index in [4.69, 9.17) is 14.2 Å². The standard InChI is InChI=1S/C63H106O5/c1-4-7-10-13-16-19-22-25-28-30-31-32-34-37-40-43-46-49-52-55-58-66-59-61(68-63(65)57-54-51-48-45-42-39-35-27-24-21-18-15-12-9-6-3)60-67-62(64)56-53-50-47-44-41-38-36-33-29-26-23-20-17-14-11-8-5-2/h8-9,11-12,16-21,25-29,35-36,38,61H,4-7,10,13-15,22-24,30-34,37,39-60H2,1-3H3/b11-8-,12-9-,19-16-,20-17-,21-18-,28-25-,29-26-,35-27-,38-36-. The lowest BCUT2D eigenvalue weighted by Gasteiger charge is -2.18. The monoisotopic (exact) mass is 943 g/mol. The molecule has 68 heavy (non-hydrogen) atoms. The fourth-order valence-corrected chi connectivity index (χ4v) is 7.60. The van der Waals surface area contributed by atoms with E-state index in [0.717, 1.165) is 122 Å². The summed E-state index contributed by atoms with van der Waals surface area (Å²) >= 11 is 0. The summed E-state index contributed by atoms with van der Waals surface area (Å²) in [5, 5.41) is 0. The average Bonchev–Trinajstić information content (AvgIpc) is 3.34. The average molecular weight is 944 g/mol. The molecule has 0 saturated carbocycles. The van der Waals surface area contributed by atoms with Gasteiger partial charge in [0.1, 0.15) is 6.61 Å². The van der Waals surface area contributed by atoms with Gasteiger partial charge in [0.15, 0.2) is 6.10 Å². The van der Waals surface area contributed by atoms with Gasteiger partial charge in [-0.1, -0.05) is 226 Å². The highest BCUT2D eigenvalue weighted by molar-refractivity contribution is 5.70. The minimum atomic E-state index is -0.565. The van der Waals surface area contributed by atoms with Crippen LogP contribution in [-0.2, 0) is 23.8 Å². The smallest absolute Gasteiger partial charge is 0.306 e. The summed E-state index contributed by atoms with van der Waals surface area (Å²) in [6.45, 7) is 7.53. The maximum atomic E-state index is 12.8. The Morgan fingerprint density at radius 3 is 1.06 bits per heavy atom. The molecule has 0 spiro atoms. The summed E-state index contributed by atoms with van der Waals surface area (Å²) in [6.07, 6.45) is 79.6. The van der Waals surface area contributed by atoms with Gasteiger partial charge in [0.05, 0.1) is 6.61 Å². The third kappa shape index (κ3) is 55.2. The van der Waals surface area contributed by atoms with E-state index in [1.165, 1.54) is 96.3 Å². The highest BCUT2D eigenvalue weighted by Crippen LogP contribution is 2.14. The van der Waals surface area contributed by atoms with Crippen LogP contribution in [0.2, 0.25) is 0 Å². The normalized spacial score (nSPS) is 13.0. The van der Waals surface area contributed by atoms with Gasteiger partial charge >= 0.3 is 11.9 Å². The van der Waals surface area contributed by atoms with Gasteiger partial charge in [-0.2, -0.15) is 0 Å². The lowest BCUT2D eigenvalue weighted by atomic mass is 10.1. The van der Waals surface area contributed by atoms with Crippen LogP contribution in [0.1, 0.15) is 252 Å². The second kappa shape index (κ2) is 57.9. The first-order chi connectivity index (χ1) is 33.6. The van der Waals surface area contributed by atoms with Crippen LogP contribution in [0.4, 0.5) is 0 Å². The molecule has 0 N–H and O–H groups in total. The van der Waals surface area contributed by atoms with Gasteiger partial charge in [0.2, 0.25) is 0 Å². The molecular weight excluding hydrogens is 837 g/mol. The first kappa shape index (κ1) is 64.6. The van der Waals surface area contributed by atoms with Crippen molar-refractivity contribution >= 4 is 11.9 Å². The molecule has 1 unspecified atom stereocenters. The quantitative estimate of drug-likeness (QED) is 0.0345. The van der Waals surface area contributed by atoms with Crippen LogP contribution in [0, 0.1) is 0 Å². The minimum Gasteiger partial charge on any atom is -0.462 e. The number of hydrogen-bond acceptors (Lipinski definition) is 5. The first-order valence-corrected chi connectivity index (χ1v) is 28.4. The van der Waals surface area contributed by atoms with E-state index in [0.29, 0.717) is 19.4 Å². The Hall–Kier alpha value is -3.44. The van der Waals surface area contributed by atoms with Crippen molar-refractivity contribution in [2.24, 2.45) is 0 Å². The van der Waals surface area contributed by atoms with Crippen molar-refractivity contribution in [3.8, 4) is 0 Å². The predicted octanol–water partition coefficient (Wildman–Crippen LogP) is 19.6. The number of esters is 2. The van der Waals surface area contributed by atoms with Crippen LogP contribution >= 0.6 is 0 Å². The lowest BCUT2D eigenvalue weighted by Crippen LogP contribution is -2.30. The van der Waals surface area contributed by atoms with Crippen molar-refractivity contribution in [3.63, 3.8) is 0 Å². The maximum absolute atomic E-state index is 12.8. The van der Waals surface area contributed by atoms with Crippen LogP contribution in [0.5, 0.6) is 0 Å².